The van der Waals surface area contributed by atoms with Crippen LogP contribution in [0.3, 0.4) is 0 Å². The Hall–Kier alpha value is -1.26. The topological polar surface area (TPSA) is 47.7 Å². The molecule has 0 aliphatic rings. The van der Waals surface area contributed by atoms with Gasteiger partial charge in [0, 0.05) is 12.1 Å². The molecule has 0 aliphatic heterocycles. The zero-order chi connectivity index (χ0) is 17.1. The molecule has 4 heteroatoms. The summed E-state index contributed by atoms with van der Waals surface area (Å²) < 4.78 is 11.4. The molecular weight excluding hydrogens is 288 g/mol. The van der Waals surface area contributed by atoms with Crippen molar-refractivity contribution < 1.29 is 9.47 Å². The molecule has 4 nitrogen and oxygen atoms in total. The minimum absolute atomic E-state index is 0.171. The lowest BCUT2D eigenvalue weighted by Crippen LogP contribution is -2.35. The van der Waals surface area contributed by atoms with Crippen molar-refractivity contribution in [3.8, 4) is 11.5 Å². The van der Waals surface area contributed by atoms with E-state index in [0.29, 0.717) is 13.2 Å². The number of ether oxygens (including phenoxy) is 2. The van der Waals surface area contributed by atoms with E-state index in [1.165, 1.54) is 25.7 Å². The number of para-hydroxylation sites is 1. The normalized spacial score (nSPS) is 12.4. The van der Waals surface area contributed by atoms with Crippen molar-refractivity contribution in [1.82, 2.24) is 4.90 Å². The minimum Gasteiger partial charge on any atom is -0.493 e. The third-order valence-electron chi connectivity index (χ3n) is 4.14. The lowest BCUT2D eigenvalue weighted by atomic mass is 10.0. The second kappa shape index (κ2) is 11.3. The molecule has 0 saturated heterocycles. The van der Waals surface area contributed by atoms with E-state index in [-0.39, 0.29) is 6.04 Å². The number of hydrogen-bond acceptors (Lipinski definition) is 4. The van der Waals surface area contributed by atoms with Crippen LogP contribution in [-0.4, -0.2) is 38.3 Å². The van der Waals surface area contributed by atoms with Crippen LogP contribution < -0.4 is 15.2 Å². The largest absolute Gasteiger partial charge is 0.493 e. The summed E-state index contributed by atoms with van der Waals surface area (Å²) in [5, 5.41) is 0. The molecule has 0 radical (unpaired) electrons. The lowest BCUT2D eigenvalue weighted by molar-refractivity contribution is 0.189. The van der Waals surface area contributed by atoms with Crippen LogP contribution >= 0.6 is 0 Å². The number of rotatable bonds is 12. The van der Waals surface area contributed by atoms with Gasteiger partial charge in [0.2, 0.25) is 0 Å². The summed E-state index contributed by atoms with van der Waals surface area (Å²) in [4.78, 5) is 2.50. The van der Waals surface area contributed by atoms with Crippen LogP contribution in [-0.2, 0) is 0 Å². The van der Waals surface area contributed by atoms with Gasteiger partial charge >= 0.3 is 0 Å². The fourth-order valence-electron chi connectivity index (χ4n) is 2.87. The molecule has 2 N–H and O–H groups in total. The Morgan fingerprint density at radius 1 is 1.09 bits per heavy atom. The Kier molecular flexibility index (Phi) is 9.72. The zero-order valence-corrected chi connectivity index (χ0v) is 15.3. The molecule has 132 valence electrons. The maximum absolute atomic E-state index is 6.17. The first-order valence-corrected chi connectivity index (χ1v) is 8.97. The SMILES string of the molecule is CCCCN(CCCC)C(CN)c1cccc(OC)c1OCC. The Balaban J connectivity index is 3.13. The second-order valence-corrected chi connectivity index (χ2v) is 5.81. The van der Waals surface area contributed by atoms with Crippen molar-refractivity contribution in [2.45, 2.75) is 52.5 Å². The third kappa shape index (κ3) is 5.70. The highest BCUT2D eigenvalue weighted by molar-refractivity contribution is 5.48. The molecule has 1 aromatic rings. The summed E-state index contributed by atoms with van der Waals surface area (Å²) in [6.45, 7) is 9.80. The van der Waals surface area contributed by atoms with Gasteiger partial charge in [0.1, 0.15) is 0 Å². The molecule has 1 aromatic carbocycles. The molecule has 0 saturated carbocycles. The minimum atomic E-state index is 0.171. The van der Waals surface area contributed by atoms with Gasteiger partial charge in [-0.2, -0.15) is 0 Å². The van der Waals surface area contributed by atoms with Gasteiger partial charge in [-0.05, 0) is 38.9 Å². The maximum Gasteiger partial charge on any atom is 0.165 e. The zero-order valence-electron chi connectivity index (χ0n) is 15.3. The highest BCUT2D eigenvalue weighted by atomic mass is 16.5. The number of benzene rings is 1. The van der Waals surface area contributed by atoms with E-state index < -0.39 is 0 Å². The standard InChI is InChI=1S/C19H34N2O2/c1-5-8-13-21(14-9-6-2)17(15-20)16-11-10-12-18(22-4)19(16)23-7-3/h10-12,17H,5-9,13-15,20H2,1-4H3. The summed E-state index contributed by atoms with van der Waals surface area (Å²) in [6, 6.07) is 6.27. The molecule has 1 atom stereocenters. The molecule has 1 unspecified atom stereocenters. The van der Waals surface area contributed by atoms with Crippen LogP contribution in [0.5, 0.6) is 11.5 Å². The van der Waals surface area contributed by atoms with Crippen molar-refractivity contribution >= 4 is 0 Å². The number of hydrogen-bond donors (Lipinski definition) is 1. The van der Waals surface area contributed by atoms with E-state index >= 15 is 0 Å². The molecule has 0 heterocycles. The average molecular weight is 322 g/mol. The van der Waals surface area contributed by atoms with Gasteiger partial charge in [0.25, 0.3) is 0 Å². The summed E-state index contributed by atoms with van der Waals surface area (Å²) in [5.41, 5.74) is 7.31. The number of nitrogens with zero attached hydrogens (tertiary/aromatic N) is 1. The van der Waals surface area contributed by atoms with Crippen LogP contribution in [0.2, 0.25) is 0 Å². The summed E-state index contributed by atoms with van der Waals surface area (Å²) in [6.07, 6.45) is 4.76. The Morgan fingerprint density at radius 2 is 1.74 bits per heavy atom. The molecule has 0 fully saturated rings. The summed E-state index contributed by atoms with van der Waals surface area (Å²) in [7, 11) is 1.69. The van der Waals surface area contributed by atoms with Crippen molar-refractivity contribution in [1.29, 1.82) is 0 Å². The number of unbranched alkanes of at least 4 members (excludes halogenated alkanes) is 2. The van der Waals surface area contributed by atoms with Crippen molar-refractivity contribution in [2.75, 3.05) is 33.4 Å². The molecular formula is C19H34N2O2. The maximum atomic E-state index is 6.17. The van der Waals surface area contributed by atoms with Crippen LogP contribution in [0.4, 0.5) is 0 Å². The van der Waals surface area contributed by atoms with E-state index in [9.17, 15) is 0 Å². The van der Waals surface area contributed by atoms with Gasteiger partial charge in [0.15, 0.2) is 11.5 Å². The van der Waals surface area contributed by atoms with Crippen molar-refractivity contribution in [3.05, 3.63) is 23.8 Å². The summed E-state index contributed by atoms with van der Waals surface area (Å²) >= 11 is 0. The van der Waals surface area contributed by atoms with E-state index in [1.807, 2.05) is 19.1 Å². The smallest absolute Gasteiger partial charge is 0.165 e. The van der Waals surface area contributed by atoms with E-state index in [4.69, 9.17) is 15.2 Å². The fraction of sp³-hybridized carbons (Fsp3) is 0.684. The highest BCUT2D eigenvalue weighted by Crippen LogP contribution is 2.37. The van der Waals surface area contributed by atoms with E-state index in [1.54, 1.807) is 7.11 Å². The Morgan fingerprint density at radius 3 is 2.22 bits per heavy atom. The molecule has 1 rings (SSSR count). The van der Waals surface area contributed by atoms with E-state index in [0.717, 1.165) is 30.2 Å². The first kappa shape index (κ1) is 19.8. The van der Waals surface area contributed by atoms with Crippen molar-refractivity contribution in [3.63, 3.8) is 0 Å². The fourth-order valence-corrected chi connectivity index (χ4v) is 2.87. The number of methoxy groups -OCH3 is 1. The Bertz CT molecular complexity index is 429. The van der Waals surface area contributed by atoms with Gasteiger partial charge in [-0.25, -0.2) is 0 Å². The van der Waals surface area contributed by atoms with Crippen LogP contribution in [0.15, 0.2) is 18.2 Å². The molecule has 0 bridgehead atoms. The quantitative estimate of drug-likeness (QED) is 0.632. The molecule has 0 amide bonds. The Labute approximate surface area is 142 Å². The molecule has 0 aromatic heterocycles. The first-order valence-electron chi connectivity index (χ1n) is 8.97. The van der Waals surface area contributed by atoms with Gasteiger partial charge < -0.3 is 15.2 Å². The third-order valence-corrected chi connectivity index (χ3v) is 4.14. The molecule has 0 spiro atoms. The van der Waals surface area contributed by atoms with Crippen molar-refractivity contribution in [2.24, 2.45) is 5.73 Å². The van der Waals surface area contributed by atoms with E-state index in [2.05, 4.69) is 24.8 Å². The average Bonchev–Trinajstić information content (AvgIpc) is 2.58. The highest BCUT2D eigenvalue weighted by Gasteiger charge is 2.23. The predicted molar refractivity (Wildman–Crippen MR) is 97.3 cm³/mol. The first-order chi connectivity index (χ1) is 11.2. The van der Waals surface area contributed by atoms with Crippen LogP contribution in [0.1, 0.15) is 58.1 Å². The van der Waals surface area contributed by atoms with Gasteiger partial charge in [-0.3, -0.25) is 4.90 Å². The molecule has 23 heavy (non-hydrogen) atoms. The van der Waals surface area contributed by atoms with Gasteiger partial charge in [-0.15, -0.1) is 0 Å². The predicted octanol–water partition coefficient (Wildman–Crippen LogP) is 4.00. The monoisotopic (exact) mass is 322 g/mol. The summed E-state index contributed by atoms with van der Waals surface area (Å²) in [5.74, 6) is 1.62. The number of nitrogens with two attached hydrogens (primary N) is 1. The second-order valence-electron chi connectivity index (χ2n) is 5.81. The van der Waals surface area contributed by atoms with Crippen LogP contribution in [0.25, 0.3) is 0 Å². The molecule has 0 aliphatic carbocycles. The van der Waals surface area contributed by atoms with Crippen LogP contribution in [0, 0.1) is 0 Å². The lowest BCUT2D eigenvalue weighted by Gasteiger charge is -2.32. The van der Waals surface area contributed by atoms with Gasteiger partial charge in [-0.1, -0.05) is 38.8 Å². The van der Waals surface area contributed by atoms with Gasteiger partial charge in [0.05, 0.1) is 19.8 Å².